The summed E-state index contributed by atoms with van der Waals surface area (Å²) in [5, 5.41) is 20.8. The summed E-state index contributed by atoms with van der Waals surface area (Å²) in [6.07, 6.45) is 1.44. The second-order valence-electron chi connectivity index (χ2n) is 3.35. The van der Waals surface area contributed by atoms with Gasteiger partial charge in [0.25, 0.3) is 0 Å². The van der Waals surface area contributed by atoms with Crippen LogP contribution in [0.3, 0.4) is 0 Å². The van der Waals surface area contributed by atoms with Crippen molar-refractivity contribution in [3.05, 3.63) is 0 Å². The Hall–Kier alpha value is -0.610. The van der Waals surface area contributed by atoms with Crippen LogP contribution in [-0.4, -0.2) is 34.4 Å². The van der Waals surface area contributed by atoms with Gasteiger partial charge in [0.1, 0.15) is 6.04 Å². The average Bonchev–Trinajstić information content (AvgIpc) is 2.14. The maximum absolute atomic E-state index is 10.6. The van der Waals surface area contributed by atoms with Crippen LogP contribution in [0.15, 0.2) is 0 Å². The lowest BCUT2D eigenvalue weighted by Crippen LogP contribution is -2.53. The molecule has 78 valence electrons. The molecule has 4 heteroatoms. The van der Waals surface area contributed by atoms with E-state index in [1.165, 1.54) is 0 Å². The molecule has 0 saturated heterocycles. The molecule has 0 aromatic heterocycles. The molecule has 0 saturated carbocycles. The first-order chi connectivity index (χ1) is 6.01. The van der Waals surface area contributed by atoms with Crippen LogP contribution in [0.1, 0.15) is 33.6 Å². The van der Waals surface area contributed by atoms with Crippen molar-refractivity contribution >= 4 is 5.97 Å². The highest BCUT2D eigenvalue weighted by Crippen LogP contribution is 2.14. The maximum Gasteiger partial charge on any atom is 0.320 e. The first kappa shape index (κ1) is 12.4. The molecule has 0 radical (unpaired) electrons. The Labute approximate surface area is 79.0 Å². The molecule has 0 bridgehead atoms. The van der Waals surface area contributed by atoms with E-state index in [1.54, 1.807) is 6.92 Å². The first-order valence-electron chi connectivity index (χ1n) is 4.62. The zero-order valence-electron chi connectivity index (χ0n) is 8.50. The minimum atomic E-state index is -0.889. The lowest BCUT2D eigenvalue weighted by molar-refractivity contribution is -0.139. The van der Waals surface area contributed by atoms with E-state index in [0.717, 1.165) is 12.8 Å². The molecule has 1 unspecified atom stereocenters. The van der Waals surface area contributed by atoms with Gasteiger partial charge in [-0.15, -0.1) is 0 Å². The van der Waals surface area contributed by atoms with Gasteiger partial charge in [0.2, 0.25) is 0 Å². The van der Waals surface area contributed by atoms with Crippen LogP contribution < -0.4 is 5.32 Å². The smallest absolute Gasteiger partial charge is 0.320 e. The normalized spacial score (nSPS) is 14.2. The molecule has 0 aliphatic heterocycles. The standard InChI is InChI=1S/C9H19NO3/c1-4-9(5-2,6-11)10-7(3)8(12)13/h7,10-11H,4-6H2,1-3H3,(H,12,13). The molecule has 0 rings (SSSR count). The average molecular weight is 189 g/mol. The number of hydrogen-bond acceptors (Lipinski definition) is 3. The fraction of sp³-hybridized carbons (Fsp3) is 0.889. The number of carbonyl (C=O) groups is 1. The molecule has 0 spiro atoms. The zero-order valence-corrected chi connectivity index (χ0v) is 8.50. The minimum absolute atomic E-state index is 0.0301. The molecule has 0 aromatic carbocycles. The third kappa shape index (κ3) is 3.32. The van der Waals surface area contributed by atoms with Crippen molar-refractivity contribution in [2.24, 2.45) is 0 Å². The second kappa shape index (κ2) is 5.19. The Morgan fingerprint density at radius 1 is 1.46 bits per heavy atom. The molecule has 0 heterocycles. The van der Waals surface area contributed by atoms with Gasteiger partial charge < -0.3 is 10.2 Å². The first-order valence-corrected chi connectivity index (χ1v) is 4.62. The molecular formula is C9H19NO3. The quantitative estimate of drug-likeness (QED) is 0.572. The highest BCUT2D eigenvalue weighted by Gasteiger charge is 2.28. The summed E-state index contributed by atoms with van der Waals surface area (Å²) >= 11 is 0. The lowest BCUT2D eigenvalue weighted by atomic mass is 9.93. The number of aliphatic hydroxyl groups excluding tert-OH is 1. The van der Waals surface area contributed by atoms with Crippen LogP contribution in [0.2, 0.25) is 0 Å². The third-order valence-electron chi connectivity index (χ3n) is 2.55. The Morgan fingerprint density at radius 2 is 1.92 bits per heavy atom. The van der Waals surface area contributed by atoms with E-state index in [0.29, 0.717) is 0 Å². The SMILES string of the molecule is CCC(CC)(CO)NC(C)C(=O)O. The number of carboxylic acids is 1. The van der Waals surface area contributed by atoms with Gasteiger partial charge >= 0.3 is 5.97 Å². The molecule has 3 N–H and O–H groups in total. The third-order valence-corrected chi connectivity index (χ3v) is 2.55. The van der Waals surface area contributed by atoms with E-state index < -0.39 is 17.6 Å². The van der Waals surface area contributed by atoms with E-state index in [4.69, 9.17) is 10.2 Å². The fourth-order valence-electron chi connectivity index (χ4n) is 1.24. The summed E-state index contributed by atoms with van der Waals surface area (Å²) in [7, 11) is 0. The van der Waals surface area contributed by atoms with Gasteiger partial charge in [-0.2, -0.15) is 0 Å². The van der Waals surface area contributed by atoms with Crippen molar-refractivity contribution in [2.45, 2.75) is 45.2 Å². The maximum atomic E-state index is 10.6. The Morgan fingerprint density at radius 3 is 2.15 bits per heavy atom. The number of aliphatic hydroxyl groups is 1. The summed E-state index contributed by atoms with van der Waals surface area (Å²) < 4.78 is 0. The summed E-state index contributed by atoms with van der Waals surface area (Å²) in [5.41, 5.74) is -0.447. The van der Waals surface area contributed by atoms with Gasteiger partial charge in [0, 0.05) is 5.54 Å². The topological polar surface area (TPSA) is 69.6 Å². The Balaban J connectivity index is 4.32. The number of rotatable bonds is 6. The largest absolute Gasteiger partial charge is 0.480 e. The Bertz CT molecular complexity index is 158. The summed E-state index contributed by atoms with van der Waals surface area (Å²) in [6, 6.07) is -0.618. The molecule has 0 aromatic rings. The molecule has 4 nitrogen and oxygen atoms in total. The van der Waals surface area contributed by atoms with Gasteiger partial charge in [0.15, 0.2) is 0 Å². The molecule has 0 aliphatic rings. The van der Waals surface area contributed by atoms with Crippen molar-refractivity contribution < 1.29 is 15.0 Å². The number of hydrogen-bond donors (Lipinski definition) is 3. The van der Waals surface area contributed by atoms with E-state index in [-0.39, 0.29) is 6.61 Å². The van der Waals surface area contributed by atoms with Gasteiger partial charge in [-0.3, -0.25) is 10.1 Å². The highest BCUT2D eigenvalue weighted by molar-refractivity contribution is 5.72. The van der Waals surface area contributed by atoms with E-state index in [9.17, 15) is 4.79 Å². The molecule has 0 fully saturated rings. The van der Waals surface area contributed by atoms with E-state index in [1.807, 2.05) is 13.8 Å². The fourth-order valence-corrected chi connectivity index (χ4v) is 1.24. The number of aliphatic carboxylic acids is 1. The van der Waals surface area contributed by atoms with Crippen LogP contribution in [0, 0.1) is 0 Å². The lowest BCUT2D eigenvalue weighted by Gasteiger charge is -2.32. The molecule has 0 aliphatic carbocycles. The minimum Gasteiger partial charge on any atom is -0.480 e. The van der Waals surface area contributed by atoms with Crippen molar-refractivity contribution in [2.75, 3.05) is 6.61 Å². The van der Waals surface area contributed by atoms with Gasteiger partial charge in [-0.25, -0.2) is 0 Å². The second-order valence-corrected chi connectivity index (χ2v) is 3.35. The summed E-state index contributed by atoms with van der Waals surface area (Å²) in [6.45, 7) is 5.41. The van der Waals surface area contributed by atoms with Gasteiger partial charge in [0.05, 0.1) is 6.61 Å². The molecule has 0 amide bonds. The molecular weight excluding hydrogens is 170 g/mol. The van der Waals surface area contributed by atoms with Crippen LogP contribution in [0.5, 0.6) is 0 Å². The Kier molecular flexibility index (Phi) is 4.95. The van der Waals surface area contributed by atoms with Crippen molar-refractivity contribution in [1.82, 2.24) is 5.32 Å². The predicted octanol–water partition coefficient (Wildman–Crippen LogP) is 0.600. The zero-order chi connectivity index (χ0) is 10.5. The molecule has 13 heavy (non-hydrogen) atoms. The van der Waals surface area contributed by atoms with Crippen LogP contribution in [0.4, 0.5) is 0 Å². The van der Waals surface area contributed by atoms with Crippen molar-refractivity contribution in [1.29, 1.82) is 0 Å². The predicted molar refractivity (Wildman–Crippen MR) is 50.6 cm³/mol. The molecule has 1 atom stereocenters. The van der Waals surface area contributed by atoms with E-state index >= 15 is 0 Å². The van der Waals surface area contributed by atoms with Crippen LogP contribution in [0.25, 0.3) is 0 Å². The monoisotopic (exact) mass is 189 g/mol. The number of nitrogens with one attached hydrogen (secondary N) is 1. The van der Waals surface area contributed by atoms with Gasteiger partial charge in [-0.05, 0) is 19.8 Å². The highest BCUT2D eigenvalue weighted by atomic mass is 16.4. The van der Waals surface area contributed by atoms with Crippen molar-refractivity contribution in [3.63, 3.8) is 0 Å². The van der Waals surface area contributed by atoms with Crippen LogP contribution >= 0.6 is 0 Å². The van der Waals surface area contributed by atoms with Crippen molar-refractivity contribution in [3.8, 4) is 0 Å². The summed E-state index contributed by atoms with van der Waals surface area (Å²) in [5.74, 6) is -0.889. The van der Waals surface area contributed by atoms with Crippen LogP contribution in [-0.2, 0) is 4.79 Å². The van der Waals surface area contributed by atoms with E-state index in [2.05, 4.69) is 5.32 Å². The van der Waals surface area contributed by atoms with Gasteiger partial charge in [-0.1, -0.05) is 13.8 Å². The number of carboxylic acid groups (broad SMARTS) is 1. The summed E-state index contributed by atoms with van der Waals surface area (Å²) in [4.78, 5) is 10.6.